The van der Waals surface area contributed by atoms with Crippen LogP contribution in [0.3, 0.4) is 0 Å². The Bertz CT molecular complexity index is 1100. The number of methoxy groups -OCH3 is 1. The van der Waals surface area contributed by atoms with E-state index >= 15 is 0 Å². The first-order valence-electron chi connectivity index (χ1n) is 9.94. The number of unbranched alkanes of at least 4 members (excludes halogenated alkanes) is 1. The molecule has 1 N–H and O–H groups in total. The van der Waals surface area contributed by atoms with E-state index < -0.39 is 40.3 Å². The summed E-state index contributed by atoms with van der Waals surface area (Å²) in [4.78, 5) is 62.0. The molecule has 0 radical (unpaired) electrons. The quantitative estimate of drug-likeness (QED) is 0.289. The number of fused-ring (bicyclic) bond motifs is 1. The molecule has 0 aliphatic carbocycles. The van der Waals surface area contributed by atoms with Crippen molar-refractivity contribution < 1.29 is 28.8 Å². The third kappa shape index (κ3) is 4.20. The number of benzene rings is 2. The minimum Gasteiger partial charge on any atom is -0.465 e. The second-order valence-corrected chi connectivity index (χ2v) is 7.15. The Kier molecular flexibility index (Phi) is 6.62. The molecule has 10 heteroatoms. The van der Waals surface area contributed by atoms with Crippen molar-refractivity contribution in [1.82, 2.24) is 4.90 Å². The van der Waals surface area contributed by atoms with Gasteiger partial charge >= 0.3 is 5.97 Å². The molecule has 3 rings (SSSR count). The third-order valence-corrected chi connectivity index (χ3v) is 5.14. The van der Waals surface area contributed by atoms with Crippen LogP contribution in [0.25, 0.3) is 0 Å². The minimum absolute atomic E-state index is 0.0964. The second kappa shape index (κ2) is 9.38. The van der Waals surface area contributed by atoms with Gasteiger partial charge in [0.1, 0.15) is 11.6 Å². The first-order chi connectivity index (χ1) is 15.3. The maximum Gasteiger partial charge on any atom is 0.337 e. The fourth-order valence-corrected chi connectivity index (χ4v) is 3.53. The van der Waals surface area contributed by atoms with Crippen LogP contribution < -0.4 is 5.32 Å². The summed E-state index contributed by atoms with van der Waals surface area (Å²) in [6.07, 6.45) is 1.46. The molecule has 2 aromatic rings. The molecule has 1 aliphatic rings. The summed E-state index contributed by atoms with van der Waals surface area (Å²) in [5, 5.41) is 14.0. The monoisotopic (exact) mass is 439 g/mol. The average molecular weight is 439 g/mol. The number of nitro benzene ring substituents is 1. The van der Waals surface area contributed by atoms with Gasteiger partial charge in [0.2, 0.25) is 5.91 Å². The van der Waals surface area contributed by atoms with Crippen molar-refractivity contribution >= 4 is 35.1 Å². The maximum atomic E-state index is 13.1. The van der Waals surface area contributed by atoms with Gasteiger partial charge in [-0.2, -0.15) is 0 Å². The van der Waals surface area contributed by atoms with Gasteiger partial charge in [0.05, 0.1) is 23.2 Å². The summed E-state index contributed by atoms with van der Waals surface area (Å²) >= 11 is 0. The van der Waals surface area contributed by atoms with Crippen LogP contribution in [-0.2, 0) is 9.53 Å². The van der Waals surface area contributed by atoms with Gasteiger partial charge in [0.25, 0.3) is 17.5 Å². The van der Waals surface area contributed by atoms with Crippen LogP contribution in [0.4, 0.5) is 11.4 Å². The number of ether oxygens (including phenoxy) is 1. The van der Waals surface area contributed by atoms with Gasteiger partial charge in [-0.15, -0.1) is 0 Å². The van der Waals surface area contributed by atoms with Gasteiger partial charge in [-0.05, 0) is 36.8 Å². The molecule has 166 valence electrons. The maximum absolute atomic E-state index is 13.1. The van der Waals surface area contributed by atoms with E-state index in [2.05, 4.69) is 10.1 Å². The molecule has 1 aliphatic heterocycles. The van der Waals surface area contributed by atoms with E-state index in [1.54, 1.807) is 0 Å². The number of hydrogen-bond donors (Lipinski definition) is 1. The molecular formula is C22H21N3O7. The summed E-state index contributed by atoms with van der Waals surface area (Å²) in [7, 11) is 1.25. The Morgan fingerprint density at radius 2 is 1.81 bits per heavy atom. The summed E-state index contributed by atoms with van der Waals surface area (Å²) in [5.41, 5.74) is -0.232. The Balaban J connectivity index is 1.89. The summed E-state index contributed by atoms with van der Waals surface area (Å²) in [5.74, 6) is -2.75. The molecule has 0 spiro atoms. The lowest BCUT2D eigenvalue weighted by molar-refractivity contribution is -0.385. The van der Waals surface area contributed by atoms with Crippen LogP contribution in [0.5, 0.6) is 0 Å². The van der Waals surface area contributed by atoms with E-state index in [-0.39, 0.29) is 17.5 Å². The van der Waals surface area contributed by atoms with E-state index in [4.69, 9.17) is 0 Å². The van der Waals surface area contributed by atoms with Gasteiger partial charge in [0.15, 0.2) is 0 Å². The molecule has 32 heavy (non-hydrogen) atoms. The Labute approximate surface area is 183 Å². The van der Waals surface area contributed by atoms with Crippen LogP contribution in [0, 0.1) is 10.1 Å². The zero-order valence-electron chi connectivity index (χ0n) is 17.5. The van der Waals surface area contributed by atoms with E-state index in [0.29, 0.717) is 24.1 Å². The number of rotatable bonds is 8. The van der Waals surface area contributed by atoms with E-state index in [0.717, 1.165) is 11.0 Å². The molecule has 10 nitrogen and oxygen atoms in total. The lowest BCUT2D eigenvalue weighted by atomic mass is 10.1. The van der Waals surface area contributed by atoms with Crippen LogP contribution in [0.2, 0.25) is 0 Å². The van der Waals surface area contributed by atoms with Crippen LogP contribution >= 0.6 is 0 Å². The Hall–Kier alpha value is -4.08. The molecule has 0 saturated heterocycles. The first kappa shape index (κ1) is 22.6. The van der Waals surface area contributed by atoms with Crippen molar-refractivity contribution in [1.29, 1.82) is 0 Å². The lowest BCUT2D eigenvalue weighted by Crippen LogP contribution is -2.47. The number of carbonyl (C=O) groups is 4. The highest BCUT2D eigenvalue weighted by Gasteiger charge is 2.46. The number of hydrogen-bond acceptors (Lipinski definition) is 7. The molecule has 0 bridgehead atoms. The van der Waals surface area contributed by atoms with Crippen LogP contribution in [0.1, 0.15) is 57.3 Å². The van der Waals surface area contributed by atoms with Crippen molar-refractivity contribution in [3.63, 3.8) is 0 Å². The number of nitro groups is 1. The zero-order valence-corrected chi connectivity index (χ0v) is 17.5. The topological polar surface area (TPSA) is 136 Å². The van der Waals surface area contributed by atoms with Crippen LogP contribution in [-0.4, -0.2) is 46.7 Å². The second-order valence-electron chi connectivity index (χ2n) is 7.15. The molecule has 1 atom stereocenters. The molecule has 0 saturated carbocycles. The first-order valence-corrected chi connectivity index (χ1v) is 9.94. The molecule has 1 heterocycles. The smallest absolute Gasteiger partial charge is 0.337 e. The largest absolute Gasteiger partial charge is 0.465 e. The normalized spacial score (nSPS) is 13.5. The zero-order chi connectivity index (χ0) is 23.4. The summed E-state index contributed by atoms with van der Waals surface area (Å²) < 4.78 is 4.63. The highest BCUT2D eigenvalue weighted by Crippen LogP contribution is 2.33. The van der Waals surface area contributed by atoms with Crippen molar-refractivity contribution in [3.8, 4) is 0 Å². The Morgan fingerprint density at radius 1 is 1.12 bits per heavy atom. The van der Waals surface area contributed by atoms with Crippen LogP contribution in [0.15, 0.2) is 42.5 Å². The number of nitrogens with one attached hydrogen (secondary N) is 1. The van der Waals surface area contributed by atoms with Gasteiger partial charge in [-0.25, -0.2) is 4.79 Å². The van der Waals surface area contributed by atoms with Crippen molar-refractivity contribution in [2.24, 2.45) is 0 Å². The lowest BCUT2D eigenvalue weighted by Gasteiger charge is -2.25. The number of amides is 3. The number of anilines is 1. The fourth-order valence-electron chi connectivity index (χ4n) is 3.53. The highest BCUT2D eigenvalue weighted by atomic mass is 16.6. The minimum atomic E-state index is -1.15. The molecule has 0 aromatic heterocycles. The van der Waals surface area contributed by atoms with Crippen molar-refractivity contribution in [2.75, 3.05) is 12.4 Å². The van der Waals surface area contributed by atoms with E-state index in [9.17, 15) is 29.3 Å². The van der Waals surface area contributed by atoms with Gasteiger partial charge in [0, 0.05) is 11.8 Å². The van der Waals surface area contributed by atoms with Gasteiger partial charge in [-0.1, -0.05) is 25.8 Å². The summed E-state index contributed by atoms with van der Waals surface area (Å²) in [6.45, 7) is 1.90. The van der Waals surface area contributed by atoms with Crippen molar-refractivity contribution in [3.05, 3.63) is 69.3 Å². The van der Waals surface area contributed by atoms with E-state index in [1.165, 1.54) is 43.5 Å². The average Bonchev–Trinajstić information content (AvgIpc) is 3.04. The fraction of sp³-hybridized carbons (Fsp3) is 0.273. The third-order valence-electron chi connectivity index (χ3n) is 5.14. The predicted octanol–water partition coefficient (Wildman–Crippen LogP) is 3.17. The standard InChI is InChI=1S/C22H21N3O7/c1-3-4-7-17(19(26)23-14-11-9-13(10-12-14)22(29)32-2)24-20(27)15-6-5-8-16(25(30)31)18(15)21(24)28/h5-6,8-12,17H,3-4,7H2,1-2H3,(H,23,26)/t17-/m1/s1. The highest BCUT2D eigenvalue weighted by molar-refractivity contribution is 6.25. The predicted molar refractivity (Wildman–Crippen MR) is 113 cm³/mol. The molecule has 3 amide bonds. The number of nitrogens with zero attached hydrogens (tertiary/aromatic N) is 2. The van der Waals surface area contributed by atoms with E-state index in [1.807, 2.05) is 6.92 Å². The van der Waals surface area contributed by atoms with Gasteiger partial charge in [-0.3, -0.25) is 29.4 Å². The molecule has 0 unspecified atom stereocenters. The molecule has 2 aromatic carbocycles. The number of imide groups is 1. The number of esters is 1. The Morgan fingerprint density at radius 3 is 2.41 bits per heavy atom. The SMILES string of the molecule is CCCC[C@H](C(=O)Nc1ccc(C(=O)OC)cc1)N1C(=O)c2cccc([N+](=O)[O-])c2C1=O. The van der Waals surface area contributed by atoms with Gasteiger partial charge < -0.3 is 10.1 Å². The molecular weight excluding hydrogens is 418 g/mol. The summed E-state index contributed by atoms with van der Waals surface area (Å²) in [6, 6.07) is 8.59. The van der Waals surface area contributed by atoms with Crippen molar-refractivity contribution in [2.45, 2.75) is 32.2 Å². The molecule has 0 fully saturated rings. The number of carbonyl (C=O) groups excluding carboxylic acids is 4.